The highest BCUT2D eigenvalue weighted by molar-refractivity contribution is 5.82. The van der Waals surface area contributed by atoms with E-state index in [4.69, 9.17) is 0 Å². The minimum atomic E-state index is -4.41. The number of aromatic nitrogens is 1. The lowest BCUT2D eigenvalue weighted by Crippen LogP contribution is -2.61. The van der Waals surface area contributed by atoms with Crippen LogP contribution < -0.4 is 15.1 Å². The number of pyridine rings is 1. The molecule has 0 bridgehead atoms. The van der Waals surface area contributed by atoms with E-state index in [-0.39, 0.29) is 18.4 Å². The molecule has 6 nitrogen and oxygen atoms in total. The zero-order chi connectivity index (χ0) is 22.9. The van der Waals surface area contributed by atoms with E-state index in [1.54, 1.807) is 12.3 Å². The van der Waals surface area contributed by atoms with E-state index in [2.05, 4.69) is 20.1 Å². The normalized spacial score (nSPS) is 20.7. The number of amides is 1. The Hall–Kier alpha value is -2.81. The minimum Gasteiger partial charge on any atom is -0.364 e. The molecule has 1 aromatic carbocycles. The summed E-state index contributed by atoms with van der Waals surface area (Å²) in [5, 5.41) is 2.98. The number of fused-ring (bicyclic) bond motifs is 3. The van der Waals surface area contributed by atoms with Crippen LogP contribution in [0, 0.1) is 5.92 Å². The van der Waals surface area contributed by atoms with Crippen LogP contribution in [0.25, 0.3) is 0 Å². The van der Waals surface area contributed by atoms with Crippen molar-refractivity contribution < 1.29 is 18.0 Å². The molecule has 0 aliphatic carbocycles. The average Bonchev–Trinajstić information content (AvgIpc) is 2.77. The molecule has 2 aromatic rings. The second-order valence-corrected chi connectivity index (χ2v) is 8.64. The molecule has 2 aliphatic heterocycles. The Morgan fingerprint density at radius 2 is 2.03 bits per heavy atom. The Bertz CT molecular complexity index is 950. The number of halogens is 3. The molecule has 4 rings (SSSR count). The molecule has 0 saturated carbocycles. The van der Waals surface area contributed by atoms with Gasteiger partial charge in [-0.15, -0.1) is 0 Å². The number of benzene rings is 1. The number of hydrogen-bond donors (Lipinski definition) is 1. The molecular weight excluding hydrogens is 419 g/mol. The largest absolute Gasteiger partial charge is 0.416 e. The molecule has 1 N–H and O–H groups in total. The lowest BCUT2D eigenvalue weighted by Gasteiger charge is -2.49. The second kappa shape index (κ2) is 8.97. The Morgan fingerprint density at radius 1 is 1.22 bits per heavy atom. The van der Waals surface area contributed by atoms with E-state index in [1.165, 1.54) is 6.07 Å². The molecule has 1 amide bonds. The zero-order valence-corrected chi connectivity index (χ0v) is 18.3. The predicted octanol–water partition coefficient (Wildman–Crippen LogP) is 2.65. The van der Waals surface area contributed by atoms with Gasteiger partial charge in [-0.3, -0.25) is 4.79 Å². The number of carbonyl (C=O) groups is 1. The number of hydrogen-bond acceptors (Lipinski definition) is 5. The van der Waals surface area contributed by atoms with Crippen molar-refractivity contribution in [3.63, 3.8) is 0 Å². The first-order chi connectivity index (χ1) is 15.2. The molecule has 172 valence electrons. The van der Waals surface area contributed by atoms with Crippen LogP contribution in [0.3, 0.4) is 0 Å². The standard InChI is InChI=1S/C23H28F3N5O/c1-29(2)10-9-28-22(32)18-14-16-13-17(23(24,25)26)6-7-19(16)31-12-11-30(15-20(18)31)21-5-3-4-8-27-21/h3-8,13,18,20H,9-12,14-15H2,1-2H3,(H,28,32). The first kappa shape index (κ1) is 22.4. The summed E-state index contributed by atoms with van der Waals surface area (Å²) >= 11 is 0. The Labute approximate surface area is 186 Å². The summed E-state index contributed by atoms with van der Waals surface area (Å²) in [5.74, 6) is 0.282. The molecule has 3 heterocycles. The lowest BCUT2D eigenvalue weighted by atomic mass is 9.82. The lowest BCUT2D eigenvalue weighted by molar-refractivity contribution is -0.137. The van der Waals surface area contributed by atoms with Crippen molar-refractivity contribution in [3.05, 3.63) is 53.7 Å². The van der Waals surface area contributed by atoms with Gasteiger partial charge in [0.2, 0.25) is 5.91 Å². The van der Waals surface area contributed by atoms with Crippen molar-refractivity contribution in [1.29, 1.82) is 0 Å². The van der Waals surface area contributed by atoms with Gasteiger partial charge in [-0.05, 0) is 56.4 Å². The highest BCUT2D eigenvalue weighted by Gasteiger charge is 2.42. The Morgan fingerprint density at radius 3 is 2.72 bits per heavy atom. The first-order valence-corrected chi connectivity index (χ1v) is 10.8. The van der Waals surface area contributed by atoms with E-state index in [0.29, 0.717) is 38.3 Å². The fourth-order valence-electron chi connectivity index (χ4n) is 4.58. The highest BCUT2D eigenvalue weighted by atomic mass is 19.4. The quantitative estimate of drug-likeness (QED) is 0.764. The number of likely N-dealkylation sites (N-methyl/N-ethyl adjacent to an activating group) is 1. The van der Waals surface area contributed by atoms with E-state index < -0.39 is 17.7 Å². The van der Waals surface area contributed by atoms with Gasteiger partial charge in [0.25, 0.3) is 0 Å². The molecule has 32 heavy (non-hydrogen) atoms. The van der Waals surface area contributed by atoms with Crippen molar-refractivity contribution in [2.75, 3.05) is 56.6 Å². The third-order valence-corrected chi connectivity index (χ3v) is 6.21. The molecule has 1 saturated heterocycles. The summed E-state index contributed by atoms with van der Waals surface area (Å²) in [5.41, 5.74) is 0.699. The van der Waals surface area contributed by atoms with Crippen LogP contribution in [0.15, 0.2) is 42.6 Å². The van der Waals surface area contributed by atoms with Crippen molar-refractivity contribution in [2.24, 2.45) is 5.92 Å². The molecule has 1 aromatic heterocycles. The van der Waals surface area contributed by atoms with Crippen LogP contribution in [0.2, 0.25) is 0 Å². The molecule has 9 heteroatoms. The third kappa shape index (κ3) is 4.67. The summed E-state index contributed by atoms with van der Waals surface area (Å²) in [4.78, 5) is 23.8. The summed E-state index contributed by atoms with van der Waals surface area (Å²) in [7, 11) is 3.85. The van der Waals surface area contributed by atoms with Gasteiger partial charge < -0.3 is 20.0 Å². The van der Waals surface area contributed by atoms with Crippen LogP contribution in [-0.2, 0) is 17.4 Å². The van der Waals surface area contributed by atoms with Crippen molar-refractivity contribution >= 4 is 17.4 Å². The maximum atomic E-state index is 13.3. The van der Waals surface area contributed by atoms with Gasteiger partial charge in [-0.1, -0.05) is 6.07 Å². The van der Waals surface area contributed by atoms with Crippen LogP contribution in [0.4, 0.5) is 24.7 Å². The van der Waals surface area contributed by atoms with E-state index in [1.807, 2.05) is 37.2 Å². The minimum absolute atomic E-state index is 0.118. The van der Waals surface area contributed by atoms with Crippen molar-refractivity contribution in [3.8, 4) is 0 Å². The van der Waals surface area contributed by atoms with Crippen LogP contribution in [-0.4, -0.2) is 68.7 Å². The molecule has 0 spiro atoms. The van der Waals surface area contributed by atoms with Gasteiger partial charge >= 0.3 is 6.18 Å². The number of piperazine rings is 1. The third-order valence-electron chi connectivity index (χ3n) is 6.21. The average molecular weight is 448 g/mol. The number of nitrogens with one attached hydrogen (secondary N) is 1. The molecule has 0 radical (unpaired) electrons. The molecule has 2 aliphatic rings. The fraction of sp³-hybridized carbons (Fsp3) is 0.478. The van der Waals surface area contributed by atoms with Gasteiger partial charge in [-0.2, -0.15) is 13.2 Å². The summed E-state index contributed by atoms with van der Waals surface area (Å²) < 4.78 is 40.0. The highest BCUT2D eigenvalue weighted by Crippen LogP contribution is 2.40. The van der Waals surface area contributed by atoms with E-state index in [0.717, 1.165) is 17.6 Å². The van der Waals surface area contributed by atoms with Gasteiger partial charge in [0.05, 0.1) is 17.5 Å². The monoisotopic (exact) mass is 447 g/mol. The molecule has 2 atom stereocenters. The number of rotatable bonds is 5. The number of nitrogens with zero attached hydrogens (tertiary/aromatic N) is 4. The van der Waals surface area contributed by atoms with E-state index >= 15 is 0 Å². The smallest absolute Gasteiger partial charge is 0.364 e. The van der Waals surface area contributed by atoms with Gasteiger partial charge in [0.1, 0.15) is 5.82 Å². The topological polar surface area (TPSA) is 51.7 Å². The number of carbonyl (C=O) groups excluding carboxylic acids is 1. The molecule has 1 fully saturated rings. The Balaban J connectivity index is 1.63. The van der Waals surface area contributed by atoms with Gasteiger partial charge in [0.15, 0.2) is 0 Å². The SMILES string of the molecule is CN(C)CCNC(=O)C1Cc2cc(C(F)(F)F)ccc2N2CCN(c3ccccn3)CC12. The number of alkyl halides is 3. The summed E-state index contributed by atoms with van der Waals surface area (Å²) in [6.45, 7) is 3.07. The first-order valence-electron chi connectivity index (χ1n) is 10.8. The predicted molar refractivity (Wildman–Crippen MR) is 118 cm³/mol. The maximum absolute atomic E-state index is 13.3. The van der Waals surface area contributed by atoms with Gasteiger partial charge in [-0.25, -0.2) is 4.98 Å². The second-order valence-electron chi connectivity index (χ2n) is 8.64. The van der Waals surface area contributed by atoms with Crippen LogP contribution in [0.5, 0.6) is 0 Å². The molecule has 2 unspecified atom stereocenters. The molecular formula is C23H28F3N5O. The Kier molecular flexibility index (Phi) is 6.28. The maximum Gasteiger partial charge on any atom is 0.416 e. The van der Waals surface area contributed by atoms with Gasteiger partial charge in [0, 0.05) is 44.6 Å². The van der Waals surface area contributed by atoms with Crippen molar-refractivity contribution in [2.45, 2.75) is 18.6 Å². The number of anilines is 2. The zero-order valence-electron chi connectivity index (χ0n) is 18.3. The van der Waals surface area contributed by atoms with Crippen molar-refractivity contribution in [1.82, 2.24) is 15.2 Å². The van der Waals surface area contributed by atoms with Crippen LogP contribution in [0.1, 0.15) is 11.1 Å². The van der Waals surface area contributed by atoms with E-state index in [9.17, 15) is 18.0 Å². The fourth-order valence-corrected chi connectivity index (χ4v) is 4.58. The summed E-state index contributed by atoms with van der Waals surface area (Å²) in [6.07, 6.45) is -2.39. The summed E-state index contributed by atoms with van der Waals surface area (Å²) in [6, 6.07) is 9.48. The van der Waals surface area contributed by atoms with Crippen LogP contribution >= 0.6 is 0 Å².